The molecule has 1 aromatic carbocycles. The summed E-state index contributed by atoms with van der Waals surface area (Å²) in [6.07, 6.45) is 1.59. The van der Waals surface area contributed by atoms with Crippen LogP contribution < -0.4 is 5.32 Å². The zero-order valence-corrected chi connectivity index (χ0v) is 14.4. The van der Waals surface area contributed by atoms with Crippen molar-refractivity contribution < 1.29 is 9.21 Å². The average molecular weight is 336 g/mol. The van der Waals surface area contributed by atoms with Crippen LogP contribution in [0.5, 0.6) is 0 Å². The predicted molar refractivity (Wildman–Crippen MR) is 96.6 cm³/mol. The van der Waals surface area contributed by atoms with Crippen LogP contribution in [0.25, 0.3) is 22.1 Å². The van der Waals surface area contributed by atoms with Crippen molar-refractivity contribution in [1.29, 1.82) is 0 Å². The maximum atomic E-state index is 12.6. The maximum Gasteiger partial charge on any atom is 0.268 e. The molecule has 3 heterocycles. The molecule has 25 heavy (non-hydrogen) atoms. The molecule has 4 rings (SSSR count). The zero-order valence-electron chi connectivity index (χ0n) is 14.4. The smallest absolute Gasteiger partial charge is 0.268 e. The van der Waals surface area contributed by atoms with Gasteiger partial charge in [-0.25, -0.2) is 4.98 Å². The molecule has 1 amide bonds. The van der Waals surface area contributed by atoms with Crippen molar-refractivity contribution in [3.05, 3.63) is 54.2 Å². The minimum Gasteiger partial charge on any atom is -0.463 e. The Kier molecular flexibility index (Phi) is 3.60. The van der Waals surface area contributed by atoms with E-state index in [9.17, 15) is 4.79 Å². The number of nitrogens with one attached hydrogen (secondary N) is 2. The van der Waals surface area contributed by atoms with E-state index in [2.05, 4.69) is 34.8 Å². The monoisotopic (exact) mass is 336 g/mol. The first kappa shape index (κ1) is 15.5. The Balaban J connectivity index is 1.65. The number of hydrogen-bond acceptors (Lipinski definition) is 3. The molecule has 6 nitrogen and oxygen atoms in total. The van der Waals surface area contributed by atoms with E-state index in [1.54, 1.807) is 18.4 Å². The standard InChI is InChI=1S/C19H20N4O2/c1-11(2)23-16-7-5-4-6-13(16)22-18(23)12(3)20-19(24)15-10-17-14(21-15)8-9-25-17/h4-12,21H,1-3H3,(H,20,24). The van der Waals surface area contributed by atoms with Crippen molar-refractivity contribution in [2.24, 2.45) is 0 Å². The van der Waals surface area contributed by atoms with Gasteiger partial charge in [0, 0.05) is 18.2 Å². The second kappa shape index (κ2) is 5.81. The van der Waals surface area contributed by atoms with Gasteiger partial charge in [-0.15, -0.1) is 0 Å². The highest BCUT2D eigenvalue weighted by molar-refractivity contribution is 5.97. The van der Waals surface area contributed by atoms with Crippen LogP contribution in [0.4, 0.5) is 0 Å². The van der Waals surface area contributed by atoms with Crippen LogP contribution in [0, 0.1) is 0 Å². The zero-order chi connectivity index (χ0) is 17.6. The van der Waals surface area contributed by atoms with E-state index < -0.39 is 0 Å². The van der Waals surface area contributed by atoms with Crippen LogP contribution in [0.3, 0.4) is 0 Å². The number of nitrogens with zero attached hydrogens (tertiary/aromatic N) is 2. The highest BCUT2D eigenvalue weighted by Crippen LogP contribution is 2.25. The van der Waals surface area contributed by atoms with Crippen molar-refractivity contribution >= 4 is 28.0 Å². The fraction of sp³-hybridized carbons (Fsp3) is 0.263. The first-order chi connectivity index (χ1) is 12.0. The summed E-state index contributed by atoms with van der Waals surface area (Å²) in [5, 5.41) is 3.02. The van der Waals surface area contributed by atoms with Crippen molar-refractivity contribution in [3.63, 3.8) is 0 Å². The van der Waals surface area contributed by atoms with Crippen LogP contribution in [0.2, 0.25) is 0 Å². The summed E-state index contributed by atoms with van der Waals surface area (Å²) in [6, 6.07) is 11.6. The Bertz CT molecular complexity index is 1030. The molecule has 3 aromatic heterocycles. The molecule has 128 valence electrons. The molecule has 0 spiro atoms. The fourth-order valence-electron chi connectivity index (χ4n) is 3.22. The summed E-state index contributed by atoms with van der Waals surface area (Å²) in [6.45, 7) is 6.18. The summed E-state index contributed by atoms with van der Waals surface area (Å²) < 4.78 is 7.47. The Morgan fingerprint density at radius 2 is 2.04 bits per heavy atom. The van der Waals surface area contributed by atoms with Crippen LogP contribution >= 0.6 is 0 Å². The van der Waals surface area contributed by atoms with Crippen LogP contribution in [-0.2, 0) is 0 Å². The number of imidazole rings is 1. The lowest BCUT2D eigenvalue weighted by Crippen LogP contribution is -2.29. The summed E-state index contributed by atoms with van der Waals surface area (Å²) in [5.74, 6) is 0.668. The highest BCUT2D eigenvalue weighted by Gasteiger charge is 2.21. The number of rotatable bonds is 4. The van der Waals surface area contributed by atoms with Gasteiger partial charge in [0.15, 0.2) is 5.58 Å². The average Bonchev–Trinajstić information content (AvgIpc) is 3.26. The molecule has 0 aliphatic heterocycles. The number of amides is 1. The van der Waals surface area contributed by atoms with E-state index in [1.165, 1.54) is 0 Å². The van der Waals surface area contributed by atoms with Crippen LogP contribution in [0.1, 0.15) is 49.2 Å². The number of furan rings is 1. The summed E-state index contributed by atoms with van der Waals surface area (Å²) in [7, 11) is 0. The Morgan fingerprint density at radius 3 is 2.80 bits per heavy atom. The molecule has 4 aromatic rings. The predicted octanol–water partition coefficient (Wildman–Crippen LogP) is 4.18. The molecule has 6 heteroatoms. The number of carbonyl (C=O) groups excluding carboxylic acids is 1. The molecule has 0 fully saturated rings. The minimum atomic E-state index is -0.225. The first-order valence-corrected chi connectivity index (χ1v) is 8.38. The normalized spacial score (nSPS) is 13.0. The lowest BCUT2D eigenvalue weighted by molar-refractivity contribution is 0.0933. The van der Waals surface area contributed by atoms with Crippen molar-refractivity contribution in [2.75, 3.05) is 0 Å². The first-order valence-electron chi connectivity index (χ1n) is 8.38. The number of benzene rings is 1. The molecule has 0 bridgehead atoms. The van der Waals surface area contributed by atoms with Gasteiger partial charge in [0.1, 0.15) is 11.5 Å². The summed E-state index contributed by atoms with van der Waals surface area (Å²) >= 11 is 0. The third kappa shape index (κ3) is 2.59. The van der Waals surface area contributed by atoms with Gasteiger partial charge in [0.05, 0.1) is 28.9 Å². The Morgan fingerprint density at radius 1 is 1.24 bits per heavy atom. The quantitative estimate of drug-likeness (QED) is 0.587. The minimum absolute atomic E-state index is 0.179. The lowest BCUT2D eigenvalue weighted by atomic mass is 10.2. The van der Waals surface area contributed by atoms with Crippen LogP contribution in [-0.4, -0.2) is 20.4 Å². The van der Waals surface area contributed by atoms with Gasteiger partial charge in [-0.3, -0.25) is 4.79 Å². The summed E-state index contributed by atoms with van der Waals surface area (Å²) in [5.41, 5.74) is 3.98. The fourth-order valence-corrected chi connectivity index (χ4v) is 3.22. The van der Waals surface area contributed by atoms with E-state index in [0.717, 1.165) is 22.4 Å². The molecule has 1 atom stereocenters. The molecular formula is C19H20N4O2. The molecule has 0 aliphatic carbocycles. The van der Waals surface area contributed by atoms with E-state index in [-0.39, 0.29) is 18.0 Å². The van der Waals surface area contributed by atoms with E-state index in [0.29, 0.717) is 11.3 Å². The Labute approximate surface area is 144 Å². The van der Waals surface area contributed by atoms with Crippen molar-refractivity contribution in [3.8, 4) is 0 Å². The topological polar surface area (TPSA) is 75.8 Å². The molecule has 1 unspecified atom stereocenters. The third-order valence-electron chi connectivity index (χ3n) is 4.36. The number of aromatic nitrogens is 3. The third-order valence-corrected chi connectivity index (χ3v) is 4.36. The molecule has 0 saturated carbocycles. The van der Waals surface area contributed by atoms with Gasteiger partial charge in [-0.1, -0.05) is 12.1 Å². The molecule has 0 saturated heterocycles. The number of aromatic amines is 1. The molecule has 0 radical (unpaired) electrons. The lowest BCUT2D eigenvalue weighted by Gasteiger charge is -2.18. The van der Waals surface area contributed by atoms with Gasteiger partial charge in [0.2, 0.25) is 0 Å². The van der Waals surface area contributed by atoms with Gasteiger partial charge < -0.3 is 19.3 Å². The SMILES string of the molecule is CC(NC(=O)c1cc2occc2[nH]1)c1nc2ccccc2n1C(C)C. The summed E-state index contributed by atoms with van der Waals surface area (Å²) in [4.78, 5) is 20.4. The Hall–Kier alpha value is -3.02. The number of carbonyl (C=O) groups is 1. The van der Waals surface area contributed by atoms with E-state index >= 15 is 0 Å². The number of hydrogen-bond donors (Lipinski definition) is 2. The second-order valence-corrected chi connectivity index (χ2v) is 6.50. The maximum absolute atomic E-state index is 12.6. The number of fused-ring (bicyclic) bond motifs is 2. The molecular weight excluding hydrogens is 316 g/mol. The molecule has 0 aliphatic rings. The van der Waals surface area contributed by atoms with Gasteiger partial charge in [-0.2, -0.15) is 0 Å². The van der Waals surface area contributed by atoms with Gasteiger partial charge in [0.25, 0.3) is 5.91 Å². The number of H-pyrrole nitrogens is 1. The largest absolute Gasteiger partial charge is 0.463 e. The van der Waals surface area contributed by atoms with Gasteiger partial charge >= 0.3 is 0 Å². The van der Waals surface area contributed by atoms with Crippen LogP contribution in [0.15, 0.2) is 47.1 Å². The second-order valence-electron chi connectivity index (χ2n) is 6.50. The van der Waals surface area contributed by atoms with Crippen molar-refractivity contribution in [2.45, 2.75) is 32.9 Å². The number of para-hydroxylation sites is 2. The van der Waals surface area contributed by atoms with E-state index in [4.69, 9.17) is 9.40 Å². The highest BCUT2D eigenvalue weighted by atomic mass is 16.3. The molecule has 2 N–H and O–H groups in total. The van der Waals surface area contributed by atoms with E-state index in [1.807, 2.05) is 25.1 Å². The van der Waals surface area contributed by atoms with Gasteiger partial charge in [-0.05, 0) is 32.9 Å². The van der Waals surface area contributed by atoms with Crippen molar-refractivity contribution in [1.82, 2.24) is 19.9 Å².